The van der Waals surface area contributed by atoms with Crippen molar-refractivity contribution < 1.29 is 4.79 Å². The van der Waals surface area contributed by atoms with E-state index in [4.69, 9.17) is 0 Å². The van der Waals surface area contributed by atoms with E-state index in [2.05, 4.69) is 46.2 Å². The highest BCUT2D eigenvalue weighted by atomic mass is 32.2. The maximum atomic E-state index is 13.0. The van der Waals surface area contributed by atoms with Crippen LogP contribution < -0.4 is 4.90 Å². The Kier molecular flexibility index (Phi) is 6.10. The molecular formula is C24H24N2OS. The number of hydrogen-bond donors (Lipinski definition) is 0. The van der Waals surface area contributed by atoms with E-state index in [1.807, 2.05) is 48.5 Å². The molecule has 0 amide bonds. The summed E-state index contributed by atoms with van der Waals surface area (Å²) in [6, 6.07) is 28.7. The van der Waals surface area contributed by atoms with E-state index in [1.165, 1.54) is 5.69 Å². The molecule has 3 aromatic carbocycles. The Morgan fingerprint density at radius 1 is 0.750 bits per heavy atom. The zero-order valence-electron chi connectivity index (χ0n) is 15.8. The molecule has 4 rings (SSSR count). The first kappa shape index (κ1) is 18.8. The van der Waals surface area contributed by atoms with Crippen molar-refractivity contribution in [2.75, 3.05) is 37.6 Å². The van der Waals surface area contributed by atoms with E-state index in [1.54, 1.807) is 11.8 Å². The third kappa shape index (κ3) is 4.64. The van der Waals surface area contributed by atoms with Crippen LogP contribution in [0.2, 0.25) is 0 Å². The Balaban J connectivity index is 1.38. The van der Waals surface area contributed by atoms with Gasteiger partial charge in [-0.1, -0.05) is 66.4 Å². The summed E-state index contributed by atoms with van der Waals surface area (Å²) in [4.78, 5) is 19.8. The minimum absolute atomic E-state index is 0.201. The summed E-state index contributed by atoms with van der Waals surface area (Å²) < 4.78 is 0. The molecule has 0 spiro atoms. The lowest BCUT2D eigenvalue weighted by molar-refractivity contribution is 0.0923. The number of anilines is 1. The molecule has 3 nitrogen and oxygen atoms in total. The van der Waals surface area contributed by atoms with Crippen molar-refractivity contribution in [3.8, 4) is 0 Å². The molecule has 1 heterocycles. The summed E-state index contributed by atoms with van der Waals surface area (Å²) in [6.07, 6.45) is 0. The van der Waals surface area contributed by atoms with E-state index >= 15 is 0 Å². The number of piperazine rings is 1. The zero-order valence-corrected chi connectivity index (χ0v) is 16.6. The number of ketones is 1. The van der Waals surface area contributed by atoms with Gasteiger partial charge >= 0.3 is 0 Å². The number of benzene rings is 3. The predicted molar refractivity (Wildman–Crippen MR) is 116 cm³/mol. The van der Waals surface area contributed by atoms with E-state index in [0.29, 0.717) is 6.54 Å². The highest BCUT2D eigenvalue weighted by molar-refractivity contribution is 7.99. The molecule has 0 N–H and O–H groups in total. The van der Waals surface area contributed by atoms with Gasteiger partial charge in [-0.3, -0.25) is 9.69 Å². The molecule has 0 bridgehead atoms. The molecule has 4 heteroatoms. The zero-order chi connectivity index (χ0) is 19.2. The molecule has 1 fully saturated rings. The number of rotatable bonds is 6. The van der Waals surface area contributed by atoms with Crippen LogP contribution in [-0.2, 0) is 0 Å². The van der Waals surface area contributed by atoms with Crippen LogP contribution in [0.5, 0.6) is 0 Å². The average Bonchev–Trinajstić information content (AvgIpc) is 2.76. The summed E-state index contributed by atoms with van der Waals surface area (Å²) in [5.41, 5.74) is 2.08. The van der Waals surface area contributed by atoms with Crippen LogP contribution in [0.15, 0.2) is 94.7 Å². The lowest BCUT2D eigenvalue weighted by Crippen LogP contribution is -2.48. The minimum Gasteiger partial charge on any atom is -0.369 e. The van der Waals surface area contributed by atoms with Crippen LogP contribution in [0.1, 0.15) is 10.4 Å². The SMILES string of the molecule is O=C(CN1CCN(c2ccccc2)CC1)c1ccccc1Sc1ccccc1. The fourth-order valence-corrected chi connectivity index (χ4v) is 4.48. The van der Waals surface area contributed by atoms with E-state index in [9.17, 15) is 4.79 Å². The van der Waals surface area contributed by atoms with Crippen molar-refractivity contribution in [2.24, 2.45) is 0 Å². The number of hydrogen-bond acceptors (Lipinski definition) is 4. The van der Waals surface area contributed by atoms with Gasteiger partial charge < -0.3 is 4.90 Å². The van der Waals surface area contributed by atoms with Gasteiger partial charge in [-0.25, -0.2) is 0 Å². The van der Waals surface area contributed by atoms with Crippen molar-refractivity contribution in [3.63, 3.8) is 0 Å². The number of carbonyl (C=O) groups is 1. The number of carbonyl (C=O) groups excluding carboxylic acids is 1. The maximum Gasteiger partial charge on any atom is 0.177 e. The molecule has 1 aliphatic rings. The van der Waals surface area contributed by atoms with Gasteiger partial charge in [-0.05, 0) is 30.3 Å². The second kappa shape index (κ2) is 9.09. The average molecular weight is 389 g/mol. The molecular weight excluding hydrogens is 364 g/mol. The fourth-order valence-electron chi connectivity index (χ4n) is 3.49. The smallest absolute Gasteiger partial charge is 0.177 e. The maximum absolute atomic E-state index is 13.0. The molecule has 3 aromatic rings. The second-order valence-electron chi connectivity index (χ2n) is 6.93. The number of para-hydroxylation sites is 1. The summed E-state index contributed by atoms with van der Waals surface area (Å²) >= 11 is 1.65. The highest BCUT2D eigenvalue weighted by Crippen LogP contribution is 2.30. The number of Topliss-reactive ketones (excluding diaryl/α,β-unsaturated/α-hetero) is 1. The monoisotopic (exact) mass is 388 g/mol. The second-order valence-corrected chi connectivity index (χ2v) is 8.05. The van der Waals surface area contributed by atoms with Gasteiger partial charge in [0.25, 0.3) is 0 Å². The van der Waals surface area contributed by atoms with E-state index in [0.717, 1.165) is 41.5 Å². The van der Waals surface area contributed by atoms with Crippen molar-refractivity contribution in [1.82, 2.24) is 4.90 Å². The molecule has 0 saturated carbocycles. The first-order chi connectivity index (χ1) is 13.8. The molecule has 1 aliphatic heterocycles. The molecule has 0 atom stereocenters. The normalized spacial score (nSPS) is 14.8. The summed E-state index contributed by atoms with van der Waals surface area (Å²) in [7, 11) is 0. The summed E-state index contributed by atoms with van der Waals surface area (Å²) in [5.74, 6) is 0.201. The van der Waals surface area contributed by atoms with Crippen LogP contribution in [0.4, 0.5) is 5.69 Å². The Labute approximate surface area is 171 Å². The topological polar surface area (TPSA) is 23.6 Å². The summed E-state index contributed by atoms with van der Waals surface area (Å²) in [5, 5.41) is 0. The van der Waals surface area contributed by atoms with Crippen LogP contribution in [0, 0.1) is 0 Å². The van der Waals surface area contributed by atoms with Crippen molar-refractivity contribution in [1.29, 1.82) is 0 Å². The Morgan fingerprint density at radius 2 is 1.36 bits per heavy atom. The van der Waals surface area contributed by atoms with Gasteiger partial charge in [0.15, 0.2) is 5.78 Å². The molecule has 1 saturated heterocycles. The van der Waals surface area contributed by atoms with E-state index < -0.39 is 0 Å². The Morgan fingerprint density at radius 3 is 2.07 bits per heavy atom. The molecule has 0 aromatic heterocycles. The minimum atomic E-state index is 0.201. The van der Waals surface area contributed by atoms with Crippen LogP contribution in [-0.4, -0.2) is 43.4 Å². The van der Waals surface area contributed by atoms with Gasteiger partial charge in [0.05, 0.1) is 6.54 Å². The molecule has 0 unspecified atom stereocenters. The summed E-state index contributed by atoms with van der Waals surface area (Å²) in [6.45, 7) is 4.22. The van der Waals surface area contributed by atoms with Crippen molar-refractivity contribution in [2.45, 2.75) is 9.79 Å². The van der Waals surface area contributed by atoms with Gasteiger partial charge in [-0.2, -0.15) is 0 Å². The molecule has 28 heavy (non-hydrogen) atoms. The molecule has 142 valence electrons. The third-order valence-corrected chi connectivity index (χ3v) is 6.10. The lowest BCUT2D eigenvalue weighted by Gasteiger charge is -2.35. The van der Waals surface area contributed by atoms with Crippen LogP contribution >= 0.6 is 11.8 Å². The predicted octanol–water partition coefficient (Wildman–Crippen LogP) is 4.84. The number of nitrogens with zero attached hydrogens (tertiary/aromatic N) is 2. The van der Waals surface area contributed by atoms with Crippen molar-refractivity contribution >= 4 is 23.2 Å². The van der Waals surface area contributed by atoms with Crippen molar-refractivity contribution in [3.05, 3.63) is 90.5 Å². The third-order valence-electron chi connectivity index (χ3n) is 5.02. The lowest BCUT2D eigenvalue weighted by atomic mass is 10.1. The van der Waals surface area contributed by atoms with Gasteiger partial charge in [-0.15, -0.1) is 0 Å². The largest absolute Gasteiger partial charge is 0.369 e. The molecule has 0 radical (unpaired) electrons. The van der Waals surface area contributed by atoms with Crippen LogP contribution in [0.25, 0.3) is 0 Å². The quantitative estimate of drug-likeness (QED) is 0.564. The Bertz CT molecular complexity index is 906. The van der Waals surface area contributed by atoms with E-state index in [-0.39, 0.29) is 5.78 Å². The standard InChI is InChI=1S/C24H24N2OS/c27-23(19-25-15-17-26(18-16-25)20-9-3-1-4-10-20)22-13-7-8-14-24(22)28-21-11-5-2-6-12-21/h1-14H,15-19H2. The molecule has 0 aliphatic carbocycles. The highest BCUT2D eigenvalue weighted by Gasteiger charge is 2.21. The van der Waals surface area contributed by atoms with Gasteiger partial charge in [0, 0.05) is 47.2 Å². The first-order valence-corrected chi connectivity index (χ1v) is 10.5. The van der Waals surface area contributed by atoms with Gasteiger partial charge in [0.1, 0.15) is 0 Å². The van der Waals surface area contributed by atoms with Gasteiger partial charge in [0.2, 0.25) is 0 Å². The fraction of sp³-hybridized carbons (Fsp3) is 0.208. The Hall–Kier alpha value is -2.56. The first-order valence-electron chi connectivity index (χ1n) is 9.67. The van der Waals surface area contributed by atoms with Crippen LogP contribution in [0.3, 0.4) is 0 Å².